The van der Waals surface area contributed by atoms with E-state index < -0.39 is 0 Å². The fourth-order valence-electron chi connectivity index (χ4n) is 1.27. The van der Waals surface area contributed by atoms with E-state index in [1.165, 1.54) is 6.07 Å². The van der Waals surface area contributed by atoms with Crippen molar-refractivity contribution >= 4 is 11.5 Å². The fourth-order valence-corrected chi connectivity index (χ4v) is 1.27. The van der Waals surface area contributed by atoms with Gasteiger partial charge in [0, 0.05) is 23.7 Å². The van der Waals surface area contributed by atoms with E-state index in [-0.39, 0.29) is 17.6 Å². The maximum absolute atomic E-state index is 13.2. The second kappa shape index (κ2) is 5.34. The first-order valence-electron chi connectivity index (χ1n) is 5.02. The molecule has 0 amide bonds. The van der Waals surface area contributed by atoms with Crippen LogP contribution in [0.2, 0.25) is 0 Å². The number of benzene rings is 1. The molecule has 0 spiro atoms. The van der Waals surface area contributed by atoms with Crippen LogP contribution in [0, 0.1) is 18.7 Å². The number of anilines is 1. The summed E-state index contributed by atoms with van der Waals surface area (Å²) >= 11 is 0. The molecule has 0 saturated carbocycles. The van der Waals surface area contributed by atoms with Crippen molar-refractivity contribution in [1.82, 2.24) is 0 Å². The Morgan fingerprint density at radius 1 is 1.62 bits per heavy atom. The molecule has 1 aromatic carbocycles. The number of nitrogens with one attached hydrogen (secondary N) is 1. The molecule has 16 heavy (non-hydrogen) atoms. The van der Waals surface area contributed by atoms with Gasteiger partial charge in [0.2, 0.25) is 0 Å². The molecule has 1 unspecified atom stereocenters. The number of amidine groups is 1. The normalized spacial score (nSPS) is 13.6. The van der Waals surface area contributed by atoms with Crippen LogP contribution in [-0.2, 0) is 0 Å². The average molecular weight is 225 g/mol. The predicted octanol–water partition coefficient (Wildman–Crippen LogP) is 1.93. The Bertz CT molecular complexity index is 393. The molecular formula is C11H16FN3O. The highest BCUT2D eigenvalue weighted by molar-refractivity contribution is 5.82. The van der Waals surface area contributed by atoms with Gasteiger partial charge in [-0.3, -0.25) is 0 Å². The quantitative estimate of drug-likeness (QED) is 0.317. The minimum Gasteiger partial charge on any atom is -0.409 e. The molecule has 4 nitrogen and oxygen atoms in total. The standard InChI is InChI=1S/C11H16FN3O/c1-7(11(13)15-16)6-14-10-5-3-4-9(12)8(10)2/h3-5,7,14,16H,6H2,1-2H3,(H2,13,15). The van der Waals surface area contributed by atoms with Gasteiger partial charge in [0.25, 0.3) is 0 Å². The zero-order valence-corrected chi connectivity index (χ0v) is 9.37. The maximum Gasteiger partial charge on any atom is 0.143 e. The highest BCUT2D eigenvalue weighted by Gasteiger charge is 2.08. The molecule has 0 bridgehead atoms. The van der Waals surface area contributed by atoms with Crippen LogP contribution in [0.3, 0.4) is 0 Å². The molecule has 0 radical (unpaired) electrons. The van der Waals surface area contributed by atoms with Crippen molar-refractivity contribution in [2.24, 2.45) is 16.8 Å². The van der Waals surface area contributed by atoms with Gasteiger partial charge in [0.1, 0.15) is 11.7 Å². The number of rotatable bonds is 4. The van der Waals surface area contributed by atoms with Crippen LogP contribution < -0.4 is 11.1 Å². The minimum atomic E-state index is -0.249. The van der Waals surface area contributed by atoms with Gasteiger partial charge in [-0.2, -0.15) is 0 Å². The largest absolute Gasteiger partial charge is 0.409 e. The van der Waals surface area contributed by atoms with Gasteiger partial charge in [-0.25, -0.2) is 4.39 Å². The molecule has 88 valence electrons. The molecule has 0 aliphatic carbocycles. The predicted molar refractivity (Wildman–Crippen MR) is 62.2 cm³/mol. The third-order valence-corrected chi connectivity index (χ3v) is 2.49. The van der Waals surface area contributed by atoms with Gasteiger partial charge in [-0.1, -0.05) is 18.1 Å². The summed E-state index contributed by atoms with van der Waals surface area (Å²) in [5, 5.41) is 14.5. The Hall–Kier alpha value is -1.78. The Balaban J connectivity index is 2.65. The van der Waals surface area contributed by atoms with Gasteiger partial charge >= 0.3 is 0 Å². The van der Waals surface area contributed by atoms with Gasteiger partial charge in [-0.15, -0.1) is 0 Å². The Labute approximate surface area is 94.0 Å². The summed E-state index contributed by atoms with van der Waals surface area (Å²) < 4.78 is 13.2. The summed E-state index contributed by atoms with van der Waals surface area (Å²) in [4.78, 5) is 0. The molecule has 0 fully saturated rings. The smallest absolute Gasteiger partial charge is 0.143 e. The van der Waals surface area contributed by atoms with E-state index in [0.717, 1.165) is 5.69 Å². The van der Waals surface area contributed by atoms with E-state index in [9.17, 15) is 4.39 Å². The van der Waals surface area contributed by atoms with E-state index in [1.807, 2.05) is 6.92 Å². The molecule has 0 heterocycles. The highest BCUT2D eigenvalue weighted by Crippen LogP contribution is 2.17. The lowest BCUT2D eigenvalue weighted by Gasteiger charge is -2.14. The SMILES string of the molecule is Cc1c(F)cccc1NCC(C)C(N)=NO. The molecule has 5 heteroatoms. The van der Waals surface area contributed by atoms with E-state index >= 15 is 0 Å². The molecule has 0 aliphatic heterocycles. The van der Waals surface area contributed by atoms with Crippen LogP contribution in [0.4, 0.5) is 10.1 Å². The highest BCUT2D eigenvalue weighted by atomic mass is 19.1. The van der Waals surface area contributed by atoms with E-state index in [2.05, 4.69) is 10.5 Å². The first-order chi connectivity index (χ1) is 7.56. The third-order valence-electron chi connectivity index (χ3n) is 2.49. The van der Waals surface area contributed by atoms with Gasteiger partial charge in [0.05, 0.1) is 0 Å². The zero-order valence-electron chi connectivity index (χ0n) is 9.37. The summed E-state index contributed by atoms with van der Waals surface area (Å²) in [6, 6.07) is 4.84. The summed E-state index contributed by atoms with van der Waals surface area (Å²) in [7, 11) is 0. The number of halogens is 1. The van der Waals surface area contributed by atoms with Gasteiger partial charge in [0.15, 0.2) is 0 Å². The second-order valence-electron chi connectivity index (χ2n) is 3.72. The average Bonchev–Trinajstić information content (AvgIpc) is 2.29. The van der Waals surface area contributed by atoms with Crippen LogP contribution in [-0.4, -0.2) is 17.6 Å². The fraction of sp³-hybridized carbons (Fsp3) is 0.364. The second-order valence-corrected chi connectivity index (χ2v) is 3.72. The lowest BCUT2D eigenvalue weighted by Crippen LogP contribution is -2.27. The Morgan fingerprint density at radius 2 is 2.31 bits per heavy atom. The van der Waals surface area contributed by atoms with Crippen molar-refractivity contribution in [3.63, 3.8) is 0 Å². The molecule has 4 N–H and O–H groups in total. The zero-order chi connectivity index (χ0) is 12.1. The number of hydrogen-bond acceptors (Lipinski definition) is 3. The van der Waals surface area contributed by atoms with Crippen molar-refractivity contribution in [3.05, 3.63) is 29.6 Å². The molecule has 1 rings (SSSR count). The molecule has 0 aliphatic rings. The topological polar surface area (TPSA) is 70.6 Å². The summed E-state index contributed by atoms with van der Waals surface area (Å²) in [6.45, 7) is 4.00. The summed E-state index contributed by atoms with van der Waals surface area (Å²) in [5.41, 5.74) is 6.72. The minimum absolute atomic E-state index is 0.118. The summed E-state index contributed by atoms with van der Waals surface area (Å²) in [5.74, 6) is -0.212. The maximum atomic E-state index is 13.2. The van der Waals surface area contributed by atoms with Crippen molar-refractivity contribution in [1.29, 1.82) is 0 Å². The number of nitrogens with two attached hydrogens (primary N) is 1. The molecular weight excluding hydrogens is 209 g/mol. The Morgan fingerprint density at radius 3 is 2.94 bits per heavy atom. The summed E-state index contributed by atoms with van der Waals surface area (Å²) in [6.07, 6.45) is 0. The molecule has 0 saturated heterocycles. The number of nitrogens with zero attached hydrogens (tertiary/aromatic N) is 1. The van der Waals surface area contributed by atoms with Crippen LogP contribution in [0.15, 0.2) is 23.4 Å². The third kappa shape index (κ3) is 2.85. The van der Waals surface area contributed by atoms with Crippen molar-refractivity contribution < 1.29 is 9.60 Å². The molecule has 0 aromatic heterocycles. The van der Waals surface area contributed by atoms with E-state index in [0.29, 0.717) is 12.1 Å². The molecule has 1 aromatic rings. The van der Waals surface area contributed by atoms with E-state index in [4.69, 9.17) is 10.9 Å². The van der Waals surface area contributed by atoms with Gasteiger partial charge < -0.3 is 16.3 Å². The van der Waals surface area contributed by atoms with Crippen LogP contribution in [0.25, 0.3) is 0 Å². The first kappa shape index (κ1) is 12.3. The van der Waals surface area contributed by atoms with Crippen molar-refractivity contribution in [2.75, 3.05) is 11.9 Å². The van der Waals surface area contributed by atoms with Gasteiger partial charge in [-0.05, 0) is 19.1 Å². The van der Waals surface area contributed by atoms with Crippen LogP contribution in [0.5, 0.6) is 0 Å². The van der Waals surface area contributed by atoms with Crippen LogP contribution >= 0.6 is 0 Å². The number of hydrogen-bond donors (Lipinski definition) is 3. The molecule has 1 atom stereocenters. The van der Waals surface area contributed by atoms with Crippen molar-refractivity contribution in [2.45, 2.75) is 13.8 Å². The lowest BCUT2D eigenvalue weighted by molar-refractivity contribution is 0.315. The lowest BCUT2D eigenvalue weighted by atomic mass is 10.1. The Kier molecular flexibility index (Phi) is 4.10. The first-order valence-corrected chi connectivity index (χ1v) is 5.02. The monoisotopic (exact) mass is 225 g/mol. The van der Waals surface area contributed by atoms with Crippen molar-refractivity contribution in [3.8, 4) is 0 Å². The number of oxime groups is 1. The van der Waals surface area contributed by atoms with Crippen LogP contribution in [0.1, 0.15) is 12.5 Å². The van der Waals surface area contributed by atoms with E-state index in [1.54, 1.807) is 19.1 Å².